The number of rotatable bonds is 2. The summed E-state index contributed by atoms with van der Waals surface area (Å²) < 4.78 is 0. The minimum absolute atomic E-state index is 0.00656. The minimum Gasteiger partial charge on any atom is -0.363 e. The van der Waals surface area contributed by atoms with E-state index >= 15 is 0 Å². The van der Waals surface area contributed by atoms with E-state index in [1.165, 1.54) is 17.3 Å². The molecule has 1 amide bonds. The van der Waals surface area contributed by atoms with Crippen LogP contribution in [0.25, 0.3) is 0 Å². The first kappa shape index (κ1) is 10.0. The Labute approximate surface area is 86.2 Å². The monoisotopic (exact) mass is 209 g/mol. The molecule has 2 N–H and O–H groups in total. The predicted molar refractivity (Wildman–Crippen MR) is 50.8 cm³/mol. The first-order valence-corrected chi connectivity index (χ1v) is 4.67. The Morgan fingerprint density at radius 3 is 2.80 bits per heavy atom. The molecular formula is C9H11N3O3. The van der Waals surface area contributed by atoms with E-state index in [9.17, 15) is 4.79 Å². The van der Waals surface area contributed by atoms with Crippen LogP contribution < -0.4 is 4.90 Å². The van der Waals surface area contributed by atoms with Crippen LogP contribution in [0.3, 0.4) is 0 Å². The molecule has 0 spiro atoms. The van der Waals surface area contributed by atoms with Crippen molar-refractivity contribution >= 4 is 11.7 Å². The van der Waals surface area contributed by atoms with Crippen LogP contribution in [0.5, 0.6) is 0 Å². The highest BCUT2D eigenvalue weighted by Crippen LogP contribution is 2.20. The number of hydrogen-bond donors (Lipinski definition) is 2. The number of amides is 1. The number of aromatic nitrogens is 2. The summed E-state index contributed by atoms with van der Waals surface area (Å²) in [6, 6.07) is 1.41. The summed E-state index contributed by atoms with van der Waals surface area (Å²) in [6.45, 7) is 0.622. The van der Waals surface area contributed by atoms with E-state index in [-0.39, 0.29) is 11.6 Å². The average molecular weight is 209 g/mol. The van der Waals surface area contributed by atoms with Crippen LogP contribution in [0.1, 0.15) is 24.8 Å². The molecule has 1 aromatic rings. The molecule has 1 aliphatic rings. The van der Waals surface area contributed by atoms with Gasteiger partial charge in [0.25, 0.3) is 0 Å². The number of aliphatic hydroxyl groups is 2. The smallest absolute Gasteiger partial charge is 0.228 e. The van der Waals surface area contributed by atoms with Gasteiger partial charge in [-0.05, 0) is 6.42 Å². The van der Waals surface area contributed by atoms with Crippen LogP contribution >= 0.6 is 0 Å². The van der Waals surface area contributed by atoms with Crippen molar-refractivity contribution in [2.45, 2.75) is 19.1 Å². The maximum absolute atomic E-state index is 11.4. The molecule has 1 fully saturated rings. The van der Waals surface area contributed by atoms with Gasteiger partial charge < -0.3 is 10.2 Å². The molecule has 0 bridgehead atoms. The predicted octanol–water partition coefficient (Wildman–Crippen LogP) is -0.413. The van der Waals surface area contributed by atoms with Gasteiger partial charge in [0.05, 0.1) is 0 Å². The molecule has 0 atom stereocenters. The number of nitrogens with zero attached hydrogens (tertiary/aromatic N) is 3. The van der Waals surface area contributed by atoms with Crippen molar-refractivity contribution in [1.29, 1.82) is 0 Å². The number of hydrogen-bond acceptors (Lipinski definition) is 5. The molecule has 6 heteroatoms. The van der Waals surface area contributed by atoms with Crippen LogP contribution in [0.2, 0.25) is 0 Å². The Bertz CT molecular complexity index is 381. The van der Waals surface area contributed by atoms with Crippen molar-refractivity contribution in [3.05, 3.63) is 18.1 Å². The number of aliphatic hydroxyl groups excluding tert-OH is 1. The number of anilines is 1. The molecule has 1 saturated heterocycles. The van der Waals surface area contributed by atoms with Crippen LogP contribution in [0, 0.1) is 0 Å². The van der Waals surface area contributed by atoms with Crippen molar-refractivity contribution in [2.75, 3.05) is 11.4 Å². The quantitative estimate of drug-likeness (QED) is 0.646. The molecule has 1 aliphatic heterocycles. The second-order valence-electron chi connectivity index (χ2n) is 3.32. The van der Waals surface area contributed by atoms with E-state index < -0.39 is 6.29 Å². The summed E-state index contributed by atoms with van der Waals surface area (Å²) in [5.74, 6) is 0.433. The fourth-order valence-electron chi connectivity index (χ4n) is 1.54. The Kier molecular flexibility index (Phi) is 2.61. The van der Waals surface area contributed by atoms with Crippen molar-refractivity contribution in [1.82, 2.24) is 9.97 Å². The van der Waals surface area contributed by atoms with Gasteiger partial charge in [-0.15, -0.1) is 0 Å². The first-order chi connectivity index (χ1) is 7.18. The molecule has 0 aliphatic carbocycles. The lowest BCUT2D eigenvalue weighted by atomic mass is 10.3. The van der Waals surface area contributed by atoms with Crippen molar-refractivity contribution < 1.29 is 15.0 Å². The molecule has 0 radical (unpaired) electrons. The van der Waals surface area contributed by atoms with Crippen LogP contribution in [0.15, 0.2) is 12.4 Å². The third-order valence-electron chi connectivity index (χ3n) is 2.29. The largest absolute Gasteiger partial charge is 0.363 e. The third-order valence-corrected chi connectivity index (χ3v) is 2.29. The highest BCUT2D eigenvalue weighted by molar-refractivity contribution is 5.94. The summed E-state index contributed by atoms with van der Waals surface area (Å²) in [7, 11) is 0. The van der Waals surface area contributed by atoms with E-state index in [1.54, 1.807) is 0 Å². The van der Waals surface area contributed by atoms with Crippen LogP contribution in [0.4, 0.5) is 5.82 Å². The Morgan fingerprint density at radius 2 is 2.20 bits per heavy atom. The molecule has 0 saturated carbocycles. The van der Waals surface area contributed by atoms with E-state index in [0.717, 1.165) is 6.42 Å². The summed E-state index contributed by atoms with van der Waals surface area (Å²) >= 11 is 0. The zero-order chi connectivity index (χ0) is 10.8. The third kappa shape index (κ3) is 1.95. The van der Waals surface area contributed by atoms with E-state index in [2.05, 4.69) is 9.97 Å². The molecule has 2 heterocycles. The minimum atomic E-state index is -1.63. The van der Waals surface area contributed by atoms with Gasteiger partial charge in [0, 0.05) is 19.0 Å². The molecule has 1 aromatic heterocycles. The van der Waals surface area contributed by atoms with Gasteiger partial charge in [-0.1, -0.05) is 0 Å². The number of carbonyl (C=O) groups is 1. The first-order valence-electron chi connectivity index (χ1n) is 4.67. The van der Waals surface area contributed by atoms with Gasteiger partial charge in [0.15, 0.2) is 6.29 Å². The standard InChI is InChI=1S/C9H11N3O3/c13-8-2-1-3-12(8)7-4-6(9(14)15)10-5-11-7/h4-5,9,14-15H,1-3H2. The molecular weight excluding hydrogens is 198 g/mol. The number of carbonyl (C=O) groups excluding carboxylic acids is 1. The Balaban J connectivity index is 2.28. The van der Waals surface area contributed by atoms with Crippen LogP contribution in [-0.4, -0.2) is 32.6 Å². The van der Waals surface area contributed by atoms with Gasteiger partial charge >= 0.3 is 0 Å². The zero-order valence-electron chi connectivity index (χ0n) is 8.00. The van der Waals surface area contributed by atoms with Crippen molar-refractivity contribution in [2.24, 2.45) is 0 Å². The Morgan fingerprint density at radius 1 is 1.40 bits per heavy atom. The van der Waals surface area contributed by atoms with E-state index in [4.69, 9.17) is 10.2 Å². The highest BCUT2D eigenvalue weighted by atomic mass is 16.5. The molecule has 15 heavy (non-hydrogen) atoms. The SMILES string of the molecule is O=C1CCCN1c1cc(C(O)O)ncn1. The van der Waals surface area contributed by atoms with Gasteiger partial charge in [0.1, 0.15) is 17.8 Å². The van der Waals surface area contributed by atoms with Crippen molar-refractivity contribution in [3.63, 3.8) is 0 Å². The van der Waals surface area contributed by atoms with Gasteiger partial charge in [-0.2, -0.15) is 0 Å². The Hall–Kier alpha value is -1.53. The second kappa shape index (κ2) is 3.92. The van der Waals surface area contributed by atoms with Gasteiger partial charge in [-0.25, -0.2) is 9.97 Å². The topological polar surface area (TPSA) is 86.6 Å². The highest BCUT2D eigenvalue weighted by Gasteiger charge is 2.23. The average Bonchev–Trinajstić information content (AvgIpc) is 2.64. The second-order valence-corrected chi connectivity index (χ2v) is 3.32. The van der Waals surface area contributed by atoms with Gasteiger partial charge in [0.2, 0.25) is 5.91 Å². The van der Waals surface area contributed by atoms with Crippen LogP contribution in [-0.2, 0) is 4.79 Å². The summed E-state index contributed by atoms with van der Waals surface area (Å²) in [5, 5.41) is 17.8. The van der Waals surface area contributed by atoms with E-state index in [1.807, 2.05) is 0 Å². The maximum Gasteiger partial charge on any atom is 0.228 e. The van der Waals surface area contributed by atoms with Gasteiger partial charge in [-0.3, -0.25) is 9.69 Å². The van der Waals surface area contributed by atoms with E-state index in [0.29, 0.717) is 18.8 Å². The fourth-order valence-corrected chi connectivity index (χ4v) is 1.54. The zero-order valence-corrected chi connectivity index (χ0v) is 8.00. The summed E-state index contributed by atoms with van der Waals surface area (Å²) in [4.78, 5) is 20.5. The fraction of sp³-hybridized carbons (Fsp3) is 0.444. The normalized spacial score (nSPS) is 16.5. The molecule has 0 unspecified atom stereocenters. The maximum atomic E-state index is 11.4. The lowest BCUT2D eigenvalue weighted by molar-refractivity contribution is -0.117. The summed E-state index contributed by atoms with van der Waals surface area (Å²) in [6.07, 6.45) is 0.903. The molecule has 80 valence electrons. The molecule has 6 nitrogen and oxygen atoms in total. The molecule has 0 aromatic carbocycles. The summed E-state index contributed by atoms with van der Waals surface area (Å²) in [5.41, 5.74) is 0.0969. The van der Waals surface area contributed by atoms with Crippen molar-refractivity contribution in [3.8, 4) is 0 Å². The molecule has 2 rings (SSSR count). The lowest BCUT2D eigenvalue weighted by Gasteiger charge is -2.14. The lowest BCUT2D eigenvalue weighted by Crippen LogP contribution is -2.25.